The number of aromatic nitrogens is 1. The average Bonchev–Trinajstić information content (AvgIpc) is 3.17. The molecule has 1 N–H and O–H groups in total. The molecule has 1 saturated carbocycles. The van der Waals surface area contributed by atoms with E-state index in [9.17, 15) is 9.59 Å². The molecular formula is C15H21N3O2S. The first-order valence-corrected chi connectivity index (χ1v) is 8.37. The molecule has 1 aliphatic carbocycles. The van der Waals surface area contributed by atoms with Crippen LogP contribution in [0.4, 0.5) is 0 Å². The lowest BCUT2D eigenvalue weighted by Crippen LogP contribution is -2.65. The molecule has 2 unspecified atom stereocenters. The van der Waals surface area contributed by atoms with Crippen LogP contribution >= 0.6 is 11.3 Å². The first kappa shape index (κ1) is 14.5. The molecule has 0 radical (unpaired) electrons. The van der Waals surface area contributed by atoms with Gasteiger partial charge in [-0.15, -0.1) is 11.3 Å². The third-order valence-corrected chi connectivity index (χ3v) is 5.10. The standard InChI is InChI=1S/C15H21N3O2S/c1-8(2)13-14(19)17-12(10-4-5-10)15(20)18(13)6-11-16-9(3)7-21-11/h7-8,10,12-13H,4-6H2,1-3H3,(H,17,19). The fourth-order valence-corrected chi connectivity index (χ4v) is 3.74. The lowest BCUT2D eigenvalue weighted by Gasteiger charge is -2.40. The van der Waals surface area contributed by atoms with E-state index in [1.54, 1.807) is 16.2 Å². The minimum atomic E-state index is -0.392. The maximum Gasteiger partial charge on any atom is 0.246 e. The predicted molar refractivity (Wildman–Crippen MR) is 80.7 cm³/mol. The Labute approximate surface area is 128 Å². The van der Waals surface area contributed by atoms with E-state index < -0.39 is 6.04 Å². The van der Waals surface area contributed by atoms with Crippen LogP contribution in [-0.2, 0) is 16.1 Å². The summed E-state index contributed by atoms with van der Waals surface area (Å²) < 4.78 is 0. The molecule has 2 amide bonds. The van der Waals surface area contributed by atoms with Crippen molar-refractivity contribution < 1.29 is 9.59 Å². The summed E-state index contributed by atoms with van der Waals surface area (Å²) in [5.41, 5.74) is 0.962. The lowest BCUT2D eigenvalue weighted by molar-refractivity contribution is -0.152. The van der Waals surface area contributed by atoms with E-state index in [0.717, 1.165) is 23.5 Å². The predicted octanol–water partition coefficient (Wildman–Crippen LogP) is 1.71. The summed E-state index contributed by atoms with van der Waals surface area (Å²) in [6, 6.07) is -0.717. The van der Waals surface area contributed by atoms with Crippen molar-refractivity contribution >= 4 is 23.2 Å². The van der Waals surface area contributed by atoms with Crippen LogP contribution in [0.1, 0.15) is 37.4 Å². The largest absolute Gasteiger partial charge is 0.342 e. The summed E-state index contributed by atoms with van der Waals surface area (Å²) in [4.78, 5) is 31.4. The lowest BCUT2D eigenvalue weighted by atomic mass is 9.95. The number of rotatable bonds is 4. The first-order valence-electron chi connectivity index (χ1n) is 7.49. The molecule has 21 heavy (non-hydrogen) atoms. The van der Waals surface area contributed by atoms with Gasteiger partial charge in [0, 0.05) is 11.1 Å². The molecule has 0 spiro atoms. The molecule has 2 aliphatic rings. The molecule has 2 fully saturated rings. The van der Waals surface area contributed by atoms with Gasteiger partial charge in [0.25, 0.3) is 0 Å². The van der Waals surface area contributed by atoms with E-state index in [-0.39, 0.29) is 23.8 Å². The monoisotopic (exact) mass is 307 g/mol. The Morgan fingerprint density at radius 2 is 2.14 bits per heavy atom. The van der Waals surface area contributed by atoms with E-state index in [4.69, 9.17) is 0 Å². The van der Waals surface area contributed by atoms with Crippen molar-refractivity contribution in [3.05, 3.63) is 16.1 Å². The zero-order valence-electron chi connectivity index (χ0n) is 12.6. The van der Waals surface area contributed by atoms with E-state index in [1.807, 2.05) is 26.2 Å². The number of hydrogen-bond donors (Lipinski definition) is 1. The van der Waals surface area contributed by atoms with E-state index in [0.29, 0.717) is 12.5 Å². The van der Waals surface area contributed by atoms with Crippen LogP contribution in [0.25, 0.3) is 0 Å². The van der Waals surface area contributed by atoms with Gasteiger partial charge in [-0.1, -0.05) is 13.8 Å². The Hall–Kier alpha value is -1.43. The molecule has 3 rings (SSSR count). The van der Waals surface area contributed by atoms with Gasteiger partial charge in [0.1, 0.15) is 17.1 Å². The van der Waals surface area contributed by atoms with Gasteiger partial charge in [-0.3, -0.25) is 9.59 Å². The number of aryl methyl sites for hydroxylation is 1. The van der Waals surface area contributed by atoms with Crippen LogP contribution in [0.15, 0.2) is 5.38 Å². The number of piperazine rings is 1. The zero-order chi connectivity index (χ0) is 15.1. The zero-order valence-corrected chi connectivity index (χ0v) is 13.4. The van der Waals surface area contributed by atoms with Crippen molar-refractivity contribution in [3.63, 3.8) is 0 Å². The number of nitrogens with one attached hydrogen (secondary N) is 1. The normalized spacial score (nSPS) is 26.4. The highest BCUT2D eigenvalue weighted by Gasteiger charge is 2.47. The molecule has 6 heteroatoms. The van der Waals surface area contributed by atoms with Gasteiger partial charge in [0.2, 0.25) is 11.8 Å². The number of carbonyl (C=O) groups is 2. The van der Waals surface area contributed by atoms with Gasteiger partial charge in [-0.2, -0.15) is 0 Å². The van der Waals surface area contributed by atoms with Gasteiger partial charge in [0.15, 0.2) is 0 Å². The molecule has 1 aromatic heterocycles. The Morgan fingerprint density at radius 1 is 1.43 bits per heavy atom. The molecule has 2 heterocycles. The summed E-state index contributed by atoms with van der Waals surface area (Å²) in [6.07, 6.45) is 2.07. The smallest absolute Gasteiger partial charge is 0.246 e. The fraction of sp³-hybridized carbons (Fsp3) is 0.667. The number of thiazole rings is 1. The van der Waals surface area contributed by atoms with Gasteiger partial charge in [-0.25, -0.2) is 4.98 Å². The van der Waals surface area contributed by atoms with Crippen LogP contribution in [0.5, 0.6) is 0 Å². The van der Waals surface area contributed by atoms with Crippen LogP contribution in [0.2, 0.25) is 0 Å². The first-order chi connectivity index (χ1) is 9.97. The molecule has 2 atom stereocenters. The van der Waals surface area contributed by atoms with Crippen molar-refractivity contribution in [3.8, 4) is 0 Å². The maximum absolute atomic E-state index is 12.8. The minimum absolute atomic E-state index is 0.0187. The van der Waals surface area contributed by atoms with Crippen molar-refractivity contribution in [1.29, 1.82) is 0 Å². The SMILES string of the molecule is Cc1csc(CN2C(=O)C(C3CC3)NC(=O)C2C(C)C)n1. The van der Waals surface area contributed by atoms with Gasteiger partial charge < -0.3 is 10.2 Å². The minimum Gasteiger partial charge on any atom is -0.342 e. The molecule has 1 aromatic rings. The van der Waals surface area contributed by atoms with Crippen LogP contribution < -0.4 is 5.32 Å². The van der Waals surface area contributed by atoms with Gasteiger partial charge in [-0.05, 0) is 31.6 Å². The second-order valence-corrected chi connectivity index (χ2v) is 7.30. The maximum atomic E-state index is 12.8. The van der Waals surface area contributed by atoms with E-state index in [2.05, 4.69) is 10.3 Å². The number of hydrogen-bond acceptors (Lipinski definition) is 4. The molecule has 1 aliphatic heterocycles. The third-order valence-electron chi connectivity index (χ3n) is 4.15. The molecule has 0 aromatic carbocycles. The van der Waals surface area contributed by atoms with Gasteiger partial charge in [0.05, 0.1) is 6.54 Å². The second-order valence-electron chi connectivity index (χ2n) is 6.36. The van der Waals surface area contributed by atoms with Crippen LogP contribution in [0, 0.1) is 18.8 Å². The van der Waals surface area contributed by atoms with E-state index in [1.165, 1.54) is 0 Å². The third kappa shape index (κ3) is 2.81. The fourth-order valence-electron chi connectivity index (χ4n) is 2.97. The van der Waals surface area contributed by atoms with Gasteiger partial charge >= 0.3 is 0 Å². The topological polar surface area (TPSA) is 62.3 Å². The van der Waals surface area contributed by atoms with Crippen LogP contribution in [0.3, 0.4) is 0 Å². The molecular weight excluding hydrogens is 286 g/mol. The Bertz CT molecular complexity index is 565. The molecule has 5 nitrogen and oxygen atoms in total. The molecule has 0 bridgehead atoms. The van der Waals surface area contributed by atoms with Crippen molar-refractivity contribution in [2.75, 3.05) is 0 Å². The quantitative estimate of drug-likeness (QED) is 0.921. The summed E-state index contributed by atoms with van der Waals surface area (Å²) in [7, 11) is 0. The summed E-state index contributed by atoms with van der Waals surface area (Å²) in [5.74, 6) is 0.462. The number of nitrogens with zero attached hydrogens (tertiary/aromatic N) is 2. The Kier molecular flexibility index (Phi) is 3.73. The Balaban J connectivity index is 1.86. The number of carbonyl (C=O) groups excluding carboxylic acids is 2. The average molecular weight is 307 g/mol. The highest BCUT2D eigenvalue weighted by Crippen LogP contribution is 2.36. The van der Waals surface area contributed by atoms with Crippen LogP contribution in [-0.4, -0.2) is 33.8 Å². The highest BCUT2D eigenvalue weighted by atomic mass is 32.1. The highest BCUT2D eigenvalue weighted by molar-refractivity contribution is 7.09. The van der Waals surface area contributed by atoms with E-state index >= 15 is 0 Å². The number of amides is 2. The Morgan fingerprint density at radius 3 is 2.67 bits per heavy atom. The second kappa shape index (κ2) is 5.40. The summed E-state index contributed by atoms with van der Waals surface area (Å²) >= 11 is 1.55. The summed E-state index contributed by atoms with van der Waals surface area (Å²) in [6.45, 7) is 6.35. The van der Waals surface area contributed by atoms with Crippen molar-refractivity contribution in [1.82, 2.24) is 15.2 Å². The van der Waals surface area contributed by atoms with Crippen molar-refractivity contribution in [2.24, 2.45) is 11.8 Å². The summed E-state index contributed by atoms with van der Waals surface area (Å²) in [5, 5.41) is 5.81. The molecule has 1 saturated heterocycles. The molecule has 114 valence electrons. The van der Waals surface area contributed by atoms with Crippen molar-refractivity contribution in [2.45, 2.75) is 52.2 Å².